The number of β-amino-alcohol motifs (C(OH)–C–C–N with tert-alkyl or cyclic N) is 1. The number of halogens is 1. The maximum atomic E-state index is 10.5. The molecule has 150 valence electrons. The van der Waals surface area contributed by atoms with Crippen LogP contribution in [0.25, 0.3) is 11.0 Å². The van der Waals surface area contributed by atoms with Gasteiger partial charge in [-0.3, -0.25) is 9.97 Å². The molecule has 0 amide bonds. The Bertz CT molecular complexity index is 1010. The Morgan fingerprint density at radius 2 is 1.86 bits per heavy atom. The van der Waals surface area contributed by atoms with Gasteiger partial charge < -0.3 is 14.9 Å². The van der Waals surface area contributed by atoms with Crippen molar-refractivity contribution in [2.45, 2.75) is 25.4 Å². The number of nitrogens with zero attached hydrogens (tertiary/aromatic N) is 6. The van der Waals surface area contributed by atoms with E-state index in [1.165, 1.54) is 0 Å². The number of aromatic nitrogens is 4. The van der Waals surface area contributed by atoms with E-state index in [9.17, 15) is 5.11 Å². The summed E-state index contributed by atoms with van der Waals surface area (Å²) in [7, 11) is 0. The normalized spacial score (nSPS) is 21.7. The Morgan fingerprint density at radius 3 is 2.66 bits per heavy atom. The van der Waals surface area contributed by atoms with E-state index in [1.807, 2.05) is 24.4 Å². The highest BCUT2D eigenvalue weighted by Gasteiger charge is 2.42. The van der Waals surface area contributed by atoms with Crippen molar-refractivity contribution in [2.24, 2.45) is 5.41 Å². The highest BCUT2D eigenvalue weighted by atomic mass is 35.5. The molecule has 2 aromatic heterocycles. The van der Waals surface area contributed by atoms with Crippen LogP contribution in [0.5, 0.6) is 0 Å². The number of piperidine rings is 2. The summed E-state index contributed by atoms with van der Waals surface area (Å²) in [6.45, 7) is 3.31. The maximum Gasteiger partial charge on any atom is 0.147 e. The molecule has 0 bridgehead atoms. The van der Waals surface area contributed by atoms with E-state index in [-0.39, 0.29) is 11.5 Å². The zero-order chi connectivity index (χ0) is 19.8. The first-order valence-electron chi connectivity index (χ1n) is 9.97. The number of hydrogen-bond acceptors (Lipinski definition) is 7. The van der Waals surface area contributed by atoms with Crippen LogP contribution in [-0.4, -0.2) is 57.3 Å². The van der Waals surface area contributed by atoms with E-state index >= 15 is 0 Å². The molecule has 8 heteroatoms. The van der Waals surface area contributed by atoms with Gasteiger partial charge in [-0.25, -0.2) is 9.97 Å². The third kappa shape index (κ3) is 3.72. The fourth-order valence-corrected chi connectivity index (χ4v) is 4.85. The molecule has 1 atom stereocenters. The lowest BCUT2D eigenvalue weighted by Crippen LogP contribution is -2.54. The quantitative estimate of drug-likeness (QED) is 0.695. The predicted octanol–water partition coefficient (Wildman–Crippen LogP) is 2.93. The lowest BCUT2D eigenvalue weighted by molar-refractivity contribution is 0.0594. The van der Waals surface area contributed by atoms with E-state index < -0.39 is 0 Å². The lowest BCUT2D eigenvalue weighted by Gasteiger charge is -2.49. The summed E-state index contributed by atoms with van der Waals surface area (Å²) in [6, 6.07) is 5.59. The first-order valence-corrected chi connectivity index (χ1v) is 10.3. The average molecular weight is 411 g/mol. The number of hydrogen-bond donors (Lipinski definition) is 1. The Labute approximate surface area is 174 Å². The second-order valence-corrected chi connectivity index (χ2v) is 8.59. The Hall–Kier alpha value is -2.51. The standard InChI is InChI=1S/C21H23ClN6O/c22-15-1-2-17-18(9-15)25-12-20(26-17)27-7-3-21(4-8-27)10-16(29)13-28(14-21)19-11-23-5-6-24-19/h1-2,5-6,9,11-12,16,29H,3-4,7-8,10,13-14H2. The third-order valence-corrected chi connectivity index (χ3v) is 6.37. The van der Waals surface area contributed by atoms with Crippen molar-refractivity contribution < 1.29 is 5.11 Å². The van der Waals surface area contributed by atoms with E-state index in [0.717, 1.165) is 61.6 Å². The zero-order valence-electron chi connectivity index (χ0n) is 16.1. The molecule has 1 N–H and O–H groups in total. The molecule has 2 saturated heterocycles. The molecule has 3 aromatic rings. The Balaban J connectivity index is 1.32. The second-order valence-electron chi connectivity index (χ2n) is 8.15. The molecule has 29 heavy (non-hydrogen) atoms. The number of benzene rings is 1. The lowest BCUT2D eigenvalue weighted by atomic mass is 9.71. The van der Waals surface area contributed by atoms with Gasteiger partial charge in [0.05, 0.1) is 29.5 Å². The Kier molecular flexibility index (Phi) is 4.72. The summed E-state index contributed by atoms with van der Waals surface area (Å²) in [6.07, 6.45) is 9.48. The van der Waals surface area contributed by atoms with E-state index in [2.05, 4.69) is 24.8 Å². The monoisotopic (exact) mass is 410 g/mol. The van der Waals surface area contributed by atoms with Crippen LogP contribution in [-0.2, 0) is 0 Å². The minimum absolute atomic E-state index is 0.0868. The van der Waals surface area contributed by atoms with Gasteiger partial charge in [-0.05, 0) is 42.9 Å². The van der Waals surface area contributed by atoms with Gasteiger partial charge >= 0.3 is 0 Å². The van der Waals surface area contributed by atoms with E-state index in [1.54, 1.807) is 18.6 Å². The number of fused-ring (bicyclic) bond motifs is 1. The molecule has 0 saturated carbocycles. The molecule has 2 aliphatic rings. The predicted molar refractivity (Wildman–Crippen MR) is 113 cm³/mol. The highest BCUT2D eigenvalue weighted by molar-refractivity contribution is 6.31. The number of anilines is 2. The topological polar surface area (TPSA) is 78.3 Å². The summed E-state index contributed by atoms with van der Waals surface area (Å²) in [5, 5.41) is 11.2. The van der Waals surface area contributed by atoms with Crippen LogP contribution in [0.15, 0.2) is 43.0 Å². The van der Waals surface area contributed by atoms with Crippen LogP contribution in [0, 0.1) is 5.41 Å². The maximum absolute atomic E-state index is 10.5. The van der Waals surface area contributed by atoms with Crippen LogP contribution in [0.2, 0.25) is 5.02 Å². The molecule has 5 rings (SSSR count). The Morgan fingerprint density at radius 1 is 1.00 bits per heavy atom. The van der Waals surface area contributed by atoms with Crippen molar-refractivity contribution in [1.29, 1.82) is 0 Å². The van der Waals surface area contributed by atoms with Gasteiger partial charge in [0.25, 0.3) is 0 Å². The number of rotatable bonds is 2. The van der Waals surface area contributed by atoms with Crippen LogP contribution in [0.3, 0.4) is 0 Å². The number of aliphatic hydroxyl groups is 1. The van der Waals surface area contributed by atoms with E-state index in [4.69, 9.17) is 16.6 Å². The summed E-state index contributed by atoms with van der Waals surface area (Å²) < 4.78 is 0. The molecule has 1 unspecified atom stereocenters. The zero-order valence-corrected chi connectivity index (χ0v) is 16.8. The average Bonchev–Trinajstić information content (AvgIpc) is 2.74. The van der Waals surface area contributed by atoms with Crippen LogP contribution < -0.4 is 9.80 Å². The fraction of sp³-hybridized carbons (Fsp3) is 0.429. The van der Waals surface area contributed by atoms with Gasteiger partial charge in [0.15, 0.2) is 0 Å². The summed E-state index contributed by atoms with van der Waals surface area (Å²) in [5.41, 5.74) is 1.75. The molecule has 2 aliphatic heterocycles. The van der Waals surface area contributed by atoms with Crippen LogP contribution in [0.1, 0.15) is 19.3 Å². The van der Waals surface area contributed by atoms with Gasteiger partial charge in [0.1, 0.15) is 11.6 Å². The molecule has 2 fully saturated rings. The van der Waals surface area contributed by atoms with Crippen molar-refractivity contribution in [2.75, 3.05) is 36.0 Å². The molecular weight excluding hydrogens is 388 g/mol. The summed E-state index contributed by atoms with van der Waals surface area (Å²) >= 11 is 6.05. The smallest absolute Gasteiger partial charge is 0.147 e. The highest BCUT2D eigenvalue weighted by Crippen LogP contribution is 2.41. The van der Waals surface area contributed by atoms with Gasteiger partial charge in [-0.1, -0.05) is 11.6 Å². The SMILES string of the molecule is OC1CN(c2cnccn2)CC2(CCN(c3cnc4cc(Cl)ccc4n3)CC2)C1. The van der Waals surface area contributed by atoms with Crippen LogP contribution in [0.4, 0.5) is 11.6 Å². The summed E-state index contributed by atoms with van der Waals surface area (Å²) in [5.74, 6) is 1.74. The van der Waals surface area contributed by atoms with E-state index in [0.29, 0.717) is 11.6 Å². The molecule has 0 aliphatic carbocycles. The van der Waals surface area contributed by atoms with Crippen molar-refractivity contribution >= 4 is 34.3 Å². The van der Waals surface area contributed by atoms with Gasteiger partial charge in [-0.2, -0.15) is 0 Å². The molecule has 1 aromatic carbocycles. The second kappa shape index (κ2) is 7.39. The first-order chi connectivity index (χ1) is 14.1. The van der Waals surface area contributed by atoms with Crippen molar-refractivity contribution in [3.8, 4) is 0 Å². The van der Waals surface area contributed by atoms with Crippen molar-refractivity contribution in [1.82, 2.24) is 19.9 Å². The van der Waals surface area contributed by atoms with Gasteiger partial charge in [0, 0.05) is 43.6 Å². The number of aliphatic hydroxyl groups excluding tert-OH is 1. The van der Waals surface area contributed by atoms with Crippen LogP contribution >= 0.6 is 11.6 Å². The first kappa shape index (κ1) is 18.5. The fourth-order valence-electron chi connectivity index (χ4n) is 4.68. The largest absolute Gasteiger partial charge is 0.391 e. The van der Waals surface area contributed by atoms with Crippen molar-refractivity contribution in [3.05, 3.63) is 48.0 Å². The molecule has 7 nitrogen and oxygen atoms in total. The molecular formula is C21H23ClN6O. The minimum atomic E-state index is -0.345. The third-order valence-electron chi connectivity index (χ3n) is 6.14. The molecule has 1 spiro atoms. The van der Waals surface area contributed by atoms with Gasteiger partial charge in [-0.15, -0.1) is 0 Å². The minimum Gasteiger partial charge on any atom is -0.391 e. The molecule has 0 radical (unpaired) electrons. The summed E-state index contributed by atoms with van der Waals surface area (Å²) in [4.78, 5) is 22.4. The van der Waals surface area contributed by atoms with Crippen molar-refractivity contribution in [3.63, 3.8) is 0 Å². The van der Waals surface area contributed by atoms with Gasteiger partial charge in [0.2, 0.25) is 0 Å². The molecule has 4 heterocycles.